The van der Waals surface area contributed by atoms with Gasteiger partial charge in [0.25, 0.3) is 0 Å². The topological polar surface area (TPSA) is 0 Å². The highest BCUT2D eigenvalue weighted by Crippen LogP contribution is 2.36. The molecule has 0 saturated carbocycles. The average Bonchev–Trinajstić information content (AvgIpc) is 3.13. The molecule has 52 heavy (non-hydrogen) atoms. The second kappa shape index (κ2) is 15.0. The summed E-state index contributed by atoms with van der Waals surface area (Å²) in [7, 11) is 0.816. The van der Waals surface area contributed by atoms with Gasteiger partial charge in [0.05, 0.1) is 0 Å². The quantitative estimate of drug-likeness (QED) is 0.0919. The summed E-state index contributed by atoms with van der Waals surface area (Å²) in [6.45, 7) is 18.4. The van der Waals surface area contributed by atoms with Gasteiger partial charge >= 0.3 is 0 Å². The molecule has 254 valence electrons. The molecule has 4 radical (unpaired) electrons. The van der Waals surface area contributed by atoms with Crippen molar-refractivity contribution in [2.75, 3.05) is 0 Å². The van der Waals surface area contributed by atoms with Crippen LogP contribution in [0, 0.1) is 22.9 Å². The van der Waals surface area contributed by atoms with Gasteiger partial charge in [0.2, 0.25) is 0 Å². The Balaban J connectivity index is 1.44. The van der Waals surface area contributed by atoms with Gasteiger partial charge in [0, 0.05) is 11.1 Å². The summed E-state index contributed by atoms with van der Waals surface area (Å²) in [5.74, 6) is 9.39. The van der Waals surface area contributed by atoms with E-state index in [1.165, 1.54) is 75.7 Å². The van der Waals surface area contributed by atoms with Crippen LogP contribution in [0.15, 0.2) is 109 Å². The third-order valence-electron chi connectivity index (χ3n) is 10.3. The van der Waals surface area contributed by atoms with E-state index in [0.29, 0.717) is 42.7 Å². The zero-order valence-corrected chi connectivity index (χ0v) is 33.7. The second-order valence-corrected chi connectivity index (χ2v) is 17.3. The summed E-state index contributed by atoms with van der Waals surface area (Å²) in [4.78, 5) is 0. The van der Waals surface area contributed by atoms with Gasteiger partial charge in [-0.25, -0.2) is 0 Å². The Kier molecular flexibility index (Phi) is 10.3. The molecule has 0 aromatic heterocycles. The zero-order valence-electron chi connectivity index (χ0n) is 31.7. The van der Waals surface area contributed by atoms with E-state index in [2.05, 4.69) is 188 Å². The first-order valence-electron chi connectivity index (χ1n) is 18.7. The Morgan fingerprint density at radius 3 is 1.17 bits per heavy atom. The minimum atomic E-state index is 0.408. The van der Waals surface area contributed by atoms with Crippen molar-refractivity contribution in [2.45, 2.75) is 79.1 Å². The smallest absolute Gasteiger partial charge is 0.124 e. The second-order valence-electron chi connectivity index (χ2n) is 15.2. The fourth-order valence-electron chi connectivity index (χ4n) is 7.89. The SMILES string of the molecule is CC(C)c1cccc([Si]C#Cc2c3ccccc3c(C#C[Si]c3cccc(C(C)C)c3C(C)C)c3cc4cc5ccccc5cc4cc23)c1C(C)C. The highest BCUT2D eigenvalue weighted by Gasteiger charge is 2.17. The van der Waals surface area contributed by atoms with E-state index < -0.39 is 0 Å². The predicted octanol–water partition coefficient (Wildman–Crippen LogP) is 11.5. The molecule has 0 amide bonds. The lowest BCUT2D eigenvalue weighted by Gasteiger charge is -2.19. The first kappa shape index (κ1) is 35.5. The maximum absolute atomic E-state index is 3.76. The van der Waals surface area contributed by atoms with E-state index in [1.807, 2.05) is 0 Å². The summed E-state index contributed by atoms with van der Waals surface area (Å²) < 4.78 is 0. The van der Waals surface area contributed by atoms with Gasteiger partial charge in [0.1, 0.15) is 0 Å². The fraction of sp³-hybridized carbons (Fsp3) is 0.240. The van der Waals surface area contributed by atoms with Crippen molar-refractivity contribution >= 4 is 72.5 Å². The van der Waals surface area contributed by atoms with Crippen LogP contribution in [0.5, 0.6) is 0 Å². The molecule has 7 aromatic rings. The van der Waals surface area contributed by atoms with Crippen LogP contribution in [0.4, 0.5) is 0 Å². The molecule has 0 N–H and O–H groups in total. The van der Waals surface area contributed by atoms with E-state index in [-0.39, 0.29) is 0 Å². The Hall–Kier alpha value is -4.87. The Labute approximate surface area is 315 Å². The molecule has 0 atom stereocenters. The molecule has 0 bridgehead atoms. The molecule has 0 saturated heterocycles. The van der Waals surface area contributed by atoms with Crippen molar-refractivity contribution in [3.8, 4) is 22.9 Å². The van der Waals surface area contributed by atoms with Crippen molar-refractivity contribution in [1.82, 2.24) is 0 Å². The minimum absolute atomic E-state index is 0.408. The molecular formula is C50H46Si2. The van der Waals surface area contributed by atoms with Crippen LogP contribution in [0.3, 0.4) is 0 Å². The molecule has 0 heterocycles. The van der Waals surface area contributed by atoms with Crippen LogP contribution in [0.25, 0.3) is 43.1 Å². The van der Waals surface area contributed by atoms with E-state index >= 15 is 0 Å². The lowest BCUT2D eigenvalue weighted by atomic mass is 9.90. The highest BCUT2D eigenvalue weighted by molar-refractivity contribution is 6.63. The summed E-state index contributed by atoms with van der Waals surface area (Å²) in [5, 5.41) is 12.4. The molecule has 2 heteroatoms. The predicted molar refractivity (Wildman–Crippen MR) is 230 cm³/mol. The van der Waals surface area contributed by atoms with Crippen molar-refractivity contribution in [1.29, 1.82) is 0 Å². The third-order valence-corrected chi connectivity index (χ3v) is 12.2. The number of benzene rings is 7. The largest absolute Gasteiger partial charge is 0.187 e. The van der Waals surface area contributed by atoms with Gasteiger partial charge in [-0.3, -0.25) is 0 Å². The first-order valence-corrected chi connectivity index (χ1v) is 20.7. The fourth-order valence-corrected chi connectivity index (χ4v) is 10.0. The normalized spacial score (nSPS) is 11.6. The lowest BCUT2D eigenvalue weighted by Crippen LogP contribution is -2.22. The van der Waals surface area contributed by atoms with Crippen LogP contribution in [-0.4, -0.2) is 19.0 Å². The number of hydrogen-bond acceptors (Lipinski definition) is 0. The Morgan fingerprint density at radius 2 is 0.788 bits per heavy atom. The molecule has 0 spiro atoms. The van der Waals surface area contributed by atoms with Gasteiger partial charge in [-0.05, 0) is 124 Å². The van der Waals surface area contributed by atoms with E-state index in [0.717, 1.165) is 11.1 Å². The maximum atomic E-state index is 3.76. The molecule has 7 rings (SSSR count). The Bertz CT molecular complexity index is 2420. The summed E-state index contributed by atoms with van der Waals surface area (Å²) >= 11 is 0. The van der Waals surface area contributed by atoms with Crippen LogP contribution >= 0.6 is 0 Å². The zero-order chi connectivity index (χ0) is 36.5. The number of hydrogen-bond donors (Lipinski definition) is 0. The molecule has 0 aliphatic heterocycles. The minimum Gasteiger partial charge on any atom is -0.124 e. The van der Waals surface area contributed by atoms with Gasteiger partial charge in [-0.1, -0.05) is 152 Å². The van der Waals surface area contributed by atoms with Crippen LogP contribution < -0.4 is 10.4 Å². The summed E-state index contributed by atoms with van der Waals surface area (Å²) in [6, 6.07) is 40.4. The molecule has 0 aliphatic rings. The standard InChI is InChI=1S/C50H46Si2/c1-31(2)39-19-13-21-47(49(39)33(5)6)51-25-23-43-41-17-11-12-18-42(41)44(24-26-52-48-22-14-20-40(32(3)4)50(48)34(7)8)46-30-38-28-36-16-10-9-15-35(36)27-37(38)29-45(43)46/h9-22,27-34H,1-8H3. The Morgan fingerprint density at radius 1 is 0.385 bits per heavy atom. The highest BCUT2D eigenvalue weighted by atomic mass is 28.2. The third kappa shape index (κ3) is 6.87. The van der Waals surface area contributed by atoms with Crippen molar-refractivity contribution < 1.29 is 0 Å². The van der Waals surface area contributed by atoms with Crippen molar-refractivity contribution in [3.05, 3.63) is 143 Å². The summed E-state index contributed by atoms with van der Waals surface area (Å²) in [6.07, 6.45) is 0. The molecule has 0 aliphatic carbocycles. The van der Waals surface area contributed by atoms with E-state index in [9.17, 15) is 0 Å². The lowest BCUT2D eigenvalue weighted by molar-refractivity contribution is 0.795. The average molecular weight is 703 g/mol. The van der Waals surface area contributed by atoms with Crippen LogP contribution in [0.1, 0.15) is 112 Å². The maximum Gasteiger partial charge on any atom is 0.187 e. The van der Waals surface area contributed by atoms with E-state index in [4.69, 9.17) is 0 Å². The van der Waals surface area contributed by atoms with Crippen LogP contribution in [-0.2, 0) is 0 Å². The molecule has 0 unspecified atom stereocenters. The molecule has 7 aromatic carbocycles. The molecule has 0 fully saturated rings. The van der Waals surface area contributed by atoms with Gasteiger partial charge in [-0.15, -0.1) is 11.1 Å². The van der Waals surface area contributed by atoms with Gasteiger partial charge < -0.3 is 0 Å². The molecular weight excluding hydrogens is 657 g/mol. The molecule has 0 nitrogen and oxygen atoms in total. The monoisotopic (exact) mass is 702 g/mol. The van der Waals surface area contributed by atoms with Crippen LogP contribution in [0.2, 0.25) is 0 Å². The van der Waals surface area contributed by atoms with E-state index in [1.54, 1.807) is 0 Å². The first-order chi connectivity index (χ1) is 25.1. The van der Waals surface area contributed by atoms with Gasteiger partial charge in [-0.2, -0.15) is 0 Å². The summed E-state index contributed by atoms with van der Waals surface area (Å²) in [5.41, 5.74) is 15.4. The number of fused-ring (bicyclic) bond motifs is 4. The number of rotatable bonds is 6. The van der Waals surface area contributed by atoms with Crippen molar-refractivity contribution in [3.63, 3.8) is 0 Å². The van der Waals surface area contributed by atoms with Gasteiger partial charge in [0.15, 0.2) is 19.0 Å². The van der Waals surface area contributed by atoms with Crippen molar-refractivity contribution in [2.24, 2.45) is 0 Å².